The highest BCUT2D eigenvalue weighted by atomic mass is 16.5. The Morgan fingerprint density at radius 3 is 2.44 bits per heavy atom. The highest BCUT2D eigenvalue weighted by Crippen LogP contribution is 2.44. The van der Waals surface area contributed by atoms with E-state index in [1.807, 2.05) is 56.1 Å². The summed E-state index contributed by atoms with van der Waals surface area (Å²) in [6.07, 6.45) is 0. The molecule has 1 amide bonds. The van der Waals surface area contributed by atoms with E-state index in [1.165, 1.54) is 4.90 Å². The number of Topliss-reactive ketones (excluding diaryl/α,β-unsaturated/α-hetero) is 1. The number of amides is 1. The van der Waals surface area contributed by atoms with Crippen molar-refractivity contribution < 1.29 is 24.2 Å². The van der Waals surface area contributed by atoms with Crippen molar-refractivity contribution in [2.24, 2.45) is 0 Å². The molecule has 0 bridgehead atoms. The molecule has 0 radical (unpaired) electrons. The van der Waals surface area contributed by atoms with E-state index in [4.69, 9.17) is 9.47 Å². The summed E-state index contributed by atoms with van der Waals surface area (Å²) >= 11 is 0. The average Bonchev–Trinajstić information content (AvgIpc) is 3.14. The van der Waals surface area contributed by atoms with Crippen LogP contribution >= 0.6 is 0 Å². The minimum Gasteiger partial charge on any atom is -0.507 e. The van der Waals surface area contributed by atoms with Crippen LogP contribution in [0.2, 0.25) is 0 Å². The highest BCUT2D eigenvalue weighted by molar-refractivity contribution is 6.51. The van der Waals surface area contributed by atoms with E-state index in [0.29, 0.717) is 41.5 Å². The molecule has 2 aliphatic heterocycles. The first-order valence-corrected chi connectivity index (χ1v) is 11.8. The normalized spacial score (nSPS) is 18.7. The number of hydrogen-bond acceptors (Lipinski definition) is 6. The Morgan fingerprint density at radius 1 is 1.00 bits per heavy atom. The Balaban J connectivity index is 1.71. The molecule has 0 saturated carbocycles. The second-order valence-electron chi connectivity index (χ2n) is 9.18. The maximum atomic E-state index is 13.5. The molecule has 1 N–H and O–H groups in total. The Kier molecular flexibility index (Phi) is 5.92. The Hall–Kier alpha value is -4.26. The number of aryl methyl sites for hydroxylation is 2. The zero-order valence-corrected chi connectivity index (χ0v) is 20.7. The number of hydrogen-bond donors (Lipinski definition) is 1. The maximum Gasteiger partial charge on any atom is 0.300 e. The van der Waals surface area contributed by atoms with Crippen molar-refractivity contribution in [3.8, 4) is 11.5 Å². The lowest BCUT2D eigenvalue weighted by Gasteiger charge is -2.28. The molecule has 1 fully saturated rings. The van der Waals surface area contributed by atoms with Crippen molar-refractivity contribution in [2.75, 3.05) is 37.1 Å². The first-order chi connectivity index (χ1) is 17.3. The number of rotatable bonds is 4. The van der Waals surface area contributed by atoms with Gasteiger partial charge in [-0.3, -0.25) is 14.5 Å². The van der Waals surface area contributed by atoms with Crippen LogP contribution in [0.4, 0.5) is 11.4 Å². The minimum absolute atomic E-state index is 0.0458. The Morgan fingerprint density at radius 2 is 1.75 bits per heavy atom. The van der Waals surface area contributed by atoms with Crippen LogP contribution in [0.3, 0.4) is 0 Å². The molecule has 184 valence electrons. The second-order valence-corrected chi connectivity index (χ2v) is 9.18. The van der Waals surface area contributed by atoms with Crippen molar-refractivity contribution in [1.82, 2.24) is 0 Å². The summed E-state index contributed by atoms with van der Waals surface area (Å²) in [5, 5.41) is 11.5. The first-order valence-electron chi connectivity index (χ1n) is 11.8. The first kappa shape index (κ1) is 23.5. The molecule has 1 saturated heterocycles. The molecule has 7 nitrogen and oxygen atoms in total. The summed E-state index contributed by atoms with van der Waals surface area (Å²) in [6.45, 7) is 5.17. The number of anilines is 2. The summed E-state index contributed by atoms with van der Waals surface area (Å²) in [6, 6.07) is 17.4. The van der Waals surface area contributed by atoms with Gasteiger partial charge in [-0.25, -0.2) is 0 Å². The SMILES string of the molecule is COc1ccc(C2/C(=C(/O)c3ccc4c(c3)N(C)CCO4)C(=O)C(=O)N2c2ccc(C)cc2C)cc1. The number of ether oxygens (including phenoxy) is 2. The maximum absolute atomic E-state index is 13.5. The number of likely N-dealkylation sites (N-methyl/N-ethyl adjacent to an activating group) is 1. The molecule has 0 aliphatic carbocycles. The van der Waals surface area contributed by atoms with Crippen LogP contribution in [-0.2, 0) is 9.59 Å². The molecular formula is C29H28N2O5. The van der Waals surface area contributed by atoms with Gasteiger partial charge in [-0.2, -0.15) is 0 Å². The van der Waals surface area contributed by atoms with E-state index < -0.39 is 17.7 Å². The summed E-state index contributed by atoms with van der Waals surface area (Å²) < 4.78 is 11.0. The zero-order valence-electron chi connectivity index (χ0n) is 20.7. The van der Waals surface area contributed by atoms with Gasteiger partial charge in [-0.15, -0.1) is 0 Å². The van der Waals surface area contributed by atoms with Gasteiger partial charge in [0.2, 0.25) is 0 Å². The van der Waals surface area contributed by atoms with Crippen LogP contribution in [0.5, 0.6) is 11.5 Å². The van der Waals surface area contributed by atoms with Crippen LogP contribution < -0.4 is 19.3 Å². The number of fused-ring (bicyclic) bond motifs is 1. The average molecular weight is 485 g/mol. The monoisotopic (exact) mass is 484 g/mol. The third-order valence-electron chi connectivity index (χ3n) is 6.82. The van der Waals surface area contributed by atoms with Crippen molar-refractivity contribution in [2.45, 2.75) is 19.9 Å². The van der Waals surface area contributed by atoms with Gasteiger partial charge in [-0.05, 0) is 61.4 Å². The fourth-order valence-electron chi connectivity index (χ4n) is 4.91. The summed E-state index contributed by atoms with van der Waals surface area (Å²) in [4.78, 5) is 30.4. The number of carbonyl (C=O) groups excluding carboxylic acids is 2. The van der Waals surface area contributed by atoms with Crippen molar-refractivity contribution >= 4 is 28.8 Å². The molecule has 2 heterocycles. The number of aliphatic hydroxyl groups is 1. The van der Waals surface area contributed by atoms with Crippen molar-refractivity contribution in [3.63, 3.8) is 0 Å². The van der Waals surface area contributed by atoms with E-state index >= 15 is 0 Å². The van der Waals surface area contributed by atoms with Gasteiger partial charge >= 0.3 is 0 Å². The number of nitrogens with zero attached hydrogens (tertiary/aromatic N) is 2. The fraction of sp³-hybridized carbons (Fsp3) is 0.241. The molecule has 5 rings (SSSR count). The molecule has 0 aromatic heterocycles. The molecular weight excluding hydrogens is 456 g/mol. The van der Waals surface area contributed by atoms with Gasteiger partial charge in [0.15, 0.2) is 0 Å². The molecule has 3 aromatic rings. The summed E-state index contributed by atoms with van der Waals surface area (Å²) in [5.41, 5.74) is 4.54. The lowest BCUT2D eigenvalue weighted by Crippen LogP contribution is -2.30. The summed E-state index contributed by atoms with van der Waals surface area (Å²) in [5.74, 6) is -0.260. The van der Waals surface area contributed by atoms with Gasteiger partial charge in [0.1, 0.15) is 23.9 Å². The zero-order chi connectivity index (χ0) is 25.6. The Labute approximate surface area is 210 Å². The third-order valence-corrected chi connectivity index (χ3v) is 6.82. The summed E-state index contributed by atoms with van der Waals surface area (Å²) in [7, 11) is 3.52. The Bertz CT molecular complexity index is 1390. The lowest BCUT2D eigenvalue weighted by molar-refractivity contribution is -0.132. The number of benzene rings is 3. The van der Waals surface area contributed by atoms with Crippen LogP contribution in [0.15, 0.2) is 66.2 Å². The van der Waals surface area contributed by atoms with E-state index in [1.54, 1.807) is 37.4 Å². The van der Waals surface area contributed by atoms with E-state index in [2.05, 4.69) is 0 Å². The molecule has 2 aliphatic rings. The molecule has 36 heavy (non-hydrogen) atoms. The third kappa shape index (κ3) is 3.86. The van der Waals surface area contributed by atoms with E-state index in [-0.39, 0.29) is 11.3 Å². The smallest absolute Gasteiger partial charge is 0.300 e. The van der Waals surface area contributed by atoms with Crippen LogP contribution in [0.1, 0.15) is 28.3 Å². The van der Waals surface area contributed by atoms with Gasteiger partial charge in [0, 0.05) is 18.3 Å². The molecule has 1 atom stereocenters. The van der Waals surface area contributed by atoms with Gasteiger partial charge in [-0.1, -0.05) is 29.8 Å². The molecule has 7 heteroatoms. The van der Waals surface area contributed by atoms with Crippen molar-refractivity contribution in [1.29, 1.82) is 0 Å². The lowest BCUT2D eigenvalue weighted by atomic mass is 9.94. The van der Waals surface area contributed by atoms with Crippen molar-refractivity contribution in [3.05, 3.63) is 88.5 Å². The molecule has 3 aromatic carbocycles. The number of methoxy groups -OCH3 is 1. The standard InChI is InChI=1S/C29H28N2O5/c1-17-5-11-22(18(2)15-17)31-26(19-6-9-21(35-4)10-7-19)25(28(33)29(31)34)27(32)20-8-12-24-23(16-20)30(3)13-14-36-24/h5-12,15-16,26,32H,13-14H2,1-4H3/b27-25-. The van der Waals surface area contributed by atoms with Gasteiger partial charge < -0.3 is 19.5 Å². The highest BCUT2D eigenvalue weighted by Gasteiger charge is 2.47. The quantitative estimate of drug-likeness (QED) is 0.327. The minimum atomic E-state index is -0.803. The van der Waals surface area contributed by atoms with Gasteiger partial charge in [0.25, 0.3) is 11.7 Å². The van der Waals surface area contributed by atoms with E-state index in [9.17, 15) is 14.7 Å². The fourth-order valence-corrected chi connectivity index (χ4v) is 4.91. The predicted octanol–water partition coefficient (Wildman–Crippen LogP) is 4.77. The van der Waals surface area contributed by atoms with Crippen LogP contribution in [0.25, 0.3) is 5.76 Å². The number of ketones is 1. The number of carbonyl (C=O) groups is 2. The predicted molar refractivity (Wildman–Crippen MR) is 139 cm³/mol. The number of aliphatic hydroxyl groups excluding tert-OH is 1. The van der Waals surface area contributed by atoms with E-state index in [0.717, 1.165) is 16.8 Å². The topological polar surface area (TPSA) is 79.3 Å². The molecule has 1 unspecified atom stereocenters. The van der Waals surface area contributed by atoms with Crippen LogP contribution in [0, 0.1) is 13.8 Å². The molecule has 0 spiro atoms. The van der Waals surface area contributed by atoms with Crippen LogP contribution in [-0.4, -0.2) is 44.1 Å². The van der Waals surface area contributed by atoms with Gasteiger partial charge in [0.05, 0.1) is 31.0 Å². The second kappa shape index (κ2) is 9.07. The largest absolute Gasteiger partial charge is 0.507 e.